The molecule has 0 aliphatic rings. The predicted molar refractivity (Wildman–Crippen MR) is 181 cm³/mol. The lowest BCUT2D eigenvalue weighted by molar-refractivity contribution is 0.0497. The molecular formula is C36H45N3O5Si. The van der Waals surface area contributed by atoms with Crippen molar-refractivity contribution in [2.75, 3.05) is 6.61 Å². The van der Waals surface area contributed by atoms with Crippen LogP contribution in [0.5, 0.6) is 0 Å². The van der Waals surface area contributed by atoms with E-state index in [4.69, 9.17) is 9.16 Å². The van der Waals surface area contributed by atoms with Crippen molar-refractivity contribution in [2.45, 2.75) is 71.1 Å². The molecule has 1 heterocycles. The number of aromatic nitrogens is 2. The summed E-state index contributed by atoms with van der Waals surface area (Å²) >= 11 is 0. The minimum absolute atomic E-state index is 0.0170. The third kappa shape index (κ3) is 8.29. The zero-order chi connectivity index (χ0) is 32.8. The first-order chi connectivity index (χ1) is 21.2. The van der Waals surface area contributed by atoms with Gasteiger partial charge in [-0.1, -0.05) is 106 Å². The fraction of sp³-hybridized carbons (Fsp3) is 0.361. The Hall–Kier alpha value is -4.21. The average Bonchev–Trinajstić information content (AvgIpc) is 3.37. The number of hydrogen-bond donors (Lipinski definition) is 2. The molecular weight excluding hydrogens is 582 g/mol. The van der Waals surface area contributed by atoms with Gasteiger partial charge in [-0.2, -0.15) is 0 Å². The molecule has 4 rings (SSSR count). The highest BCUT2D eigenvalue weighted by atomic mass is 28.4. The van der Waals surface area contributed by atoms with Crippen LogP contribution < -0.4 is 15.7 Å². The van der Waals surface area contributed by atoms with Gasteiger partial charge in [0.2, 0.25) is 5.82 Å². The van der Waals surface area contributed by atoms with E-state index in [-0.39, 0.29) is 16.9 Å². The SMILES string of the molecule is Cn1cc(-c2ccc(C[C@@H](CCO[Si](c3ccccc3)(c3ccccc3)C(C)(C)C)NC(=O)OC(C)(C)C)cc2)nc1C(=O)O. The van der Waals surface area contributed by atoms with Crippen molar-refractivity contribution in [1.82, 2.24) is 14.9 Å². The van der Waals surface area contributed by atoms with E-state index < -0.39 is 26.0 Å². The summed E-state index contributed by atoms with van der Waals surface area (Å²) < 4.78 is 14.2. The van der Waals surface area contributed by atoms with Gasteiger partial charge in [0.15, 0.2) is 0 Å². The Labute approximate surface area is 267 Å². The molecule has 3 aromatic carbocycles. The van der Waals surface area contributed by atoms with Crippen molar-refractivity contribution in [3.63, 3.8) is 0 Å². The molecule has 0 aliphatic heterocycles. The Bertz CT molecular complexity index is 1530. The number of nitrogens with zero attached hydrogens (tertiary/aromatic N) is 2. The van der Waals surface area contributed by atoms with Gasteiger partial charge in [0, 0.05) is 31.5 Å². The zero-order valence-electron chi connectivity index (χ0n) is 27.3. The molecule has 0 spiro atoms. The van der Waals surface area contributed by atoms with Crippen molar-refractivity contribution in [1.29, 1.82) is 0 Å². The summed E-state index contributed by atoms with van der Waals surface area (Å²) in [6.07, 6.45) is 2.37. The van der Waals surface area contributed by atoms with Gasteiger partial charge in [0.1, 0.15) is 5.60 Å². The van der Waals surface area contributed by atoms with Gasteiger partial charge in [-0.15, -0.1) is 0 Å². The second kappa shape index (κ2) is 13.8. The van der Waals surface area contributed by atoms with Crippen molar-refractivity contribution in [2.24, 2.45) is 7.05 Å². The van der Waals surface area contributed by atoms with Gasteiger partial charge in [0.25, 0.3) is 8.32 Å². The first kappa shape index (κ1) is 33.7. The van der Waals surface area contributed by atoms with E-state index in [1.807, 2.05) is 57.2 Å². The normalized spacial score (nSPS) is 12.9. The second-order valence-corrected chi connectivity index (χ2v) is 17.7. The molecule has 45 heavy (non-hydrogen) atoms. The quantitative estimate of drug-likeness (QED) is 0.192. The van der Waals surface area contributed by atoms with Crippen LogP contribution >= 0.6 is 0 Å². The third-order valence-corrected chi connectivity index (χ3v) is 12.8. The maximum Gasteiger partial charge on any atom is 0.407 e. The van der Waals surface area contributed by atoms with Crippen LogP contribution in [0.25, 0.3) is 11.3 Å². The van der Waals surface area contributed by atoms with E-state index in [9.17, 15) is 14.7 Å². The van der Waals surface area contributed by atoms with Gasteiger partial charge in [-0.25, -0.2) is 14.6 Å². The van der Waals surface area contributed by atoms with Crippen molar-refractivity contribution in [3.05, 3.63) is 103 Å². The minimum Gasteiger partial charge on any atom is -0.475 e. The molecule has 0 saturated heterocycles. The summed E-state index contributed by atoms with van der Waals surface area (Å²) in [5.41, 5.74) is 1.79. The third-order valence-electron chi connectivity index (χ3n) is 7.72. The van der Waals surface area contributed by atoms with Crippen LogP contribution in [0.3, 0.4) is 0 Å². The van der Waals surface area contributed by atoms with Gasteiger partial charge in [0.05, 0.1) is 5.69 Å². The summed E-state index contributed by atoms with van der Waals surface area (Å²) in [6.45, 7) is 12.7. The van der Waals surface area contributed by atoms with Gasteiger partial charge < -0.3 is 24.2 Å². The lowest BCUT2D eigenvalue weighted by atomic mass is 10.0. The number of amides is 1. The maximum atomic E-state index is 12.9. The molecule has 1 aromatic heterocycles. The molecule has 1 atom stereocenters. The number of imidazole rings is 1. The summed E-state index contributed by atoms with van der Waals surface area (Å²) in [7, 11) is -1.07. The number of carbonyl (C=O) groups is 2. The molecule has 0 bridgehead atoms. The number of carboxylic acids is 1. The smallest absolute Gasteiger partial charge is 0.407 e. The van der Waals surface area contributed by atoms with Crippen LogP contribution in [0, 0.1) is 0 Å². The highest BCUT2D eigenvalue weighted by molar-refractivity contribution is 6.99. The predicted octanol–water partition coefficient (Wildman–Crippen LogP) is 6.19. The van der Waals surface area contributed by atoms with E-state index in [1.165, 1.54) is 14.9 Å². The number of ether oxygens (including phenoxy) is 1. The van der Waals surface area contributed by atoms with Gasteiger partial charge >= 0.3 is 12.1 Å². The molecule has 238 valence electrons. The number of hydrogen-bond acceptors (Lipinski definition) is 5. The van der Waals surface area contributed by atoms with E-state index in [0.717, 1.165) is 11.1 Å². The number of benzene rings is 3. The molecule has 0 aliphatic carbocycles. The highest BCUT2D eigenvalue weighted by Crippen LogP contribution is 2.37. The molecule has 4 aromatic rings. The van der Waals surface area contributed by atoms with E-state index in [0.29, 0.717) is 25.1 Å². The monoisotopic (exact) mass is 627 g/mol. The fourth-order valence-electron chi connectivity index (χ4n) is 5.72. The van der Waals surface area contributed by atoms with Crippen LogP contribution in [0.15, 0.2) is 91.1 Å². The Morgan fingerprint density at radius 1 is 0.889 bits per heavy atom. The summed E-state index contributed by atoms with van der Waals surface area (Å²) in [6, 6.07) is 28.6. The van der Waals surface area contributed by atoms with Gasteiger partial charge in [-0.05, 0) is 54.6 Å². The standard InChI is InChI=1S/C36H45N3O5Si/c1-35(2,3)44-34(42)37-28(24-26-18-20-27(21-19-26)31-25-39(7)32(38-31)33(40)41)22-23-43-45(36(4,5)6,29-14-10-8-11-15-29)30-16-12-9-13-17-30/h8-21,25,28H,22-24H2,1-7H3,(H,37,42)(H,40,41)/t28-/m1/s1. The number of rotatable bonds is 11. The fourth-order valence-corrected chi connectivity index (χ4v) is 10.3. The topological polar surface area (TPSA) is 103 Å². The zero-order valence-corrected chi connectivity index (χ0v) is 28.3. The maximum absolute atomic E-state index is 12.9. The molecule has 0 radical (unpaired) electrons. The molecule has 2 N–H and O–H groups in total. The summed E-state index contributed by atoms with van der Waals surface area (Å²) in [5, 5.41) is 14.7. The van der Waals surface area contributed by atoms with E-state index in [1.54, 1.807) is 13.2 Å². The molecule has 9 heteroatoms. The first-order valence-electron chi connectivity index (χ1n) is 15.3. The van der Waals surface area contributed by atoms with E-state index in [2.05, 4.69) is 79.6 Å². The highest BCUT2D eigenvalue weighted by Gasteiger charge is 2.50. The van der Waals surface area contributed by atoms with E-state index >= 15 is 0 Å². The van der Waals surface area contributed by atoms with Crippen LogP contribution in [-0.4, -0.2) is 53.3 Å². The Morgan fingerprint density at radius 2 is 1.44 bits per heavy atom. The lowest BCUT2D eigenvalue weighted by Crippen LogP contribution is -2.66. The van der Waals surface area contributed by atoms with Crippen LogP contribution in [0.2, 0.25) is 5.04 Å². The van der Waals surface area contributed by atoms with Gasteiger partial charge in [-0.3, -0.25) is 0 Å². The summed E-state index contributed by atoms with van der Waals surface area (Å²) in [5.74, 6) is -1.09. The van der Waals surface area contributed by atoms with Crippen molar-refractivity contribution < 1.29 is 23.9 Å². The molecule has 0 unspecified atom stereocenters. The number of alkyl carbamates (subject to hydrolysis) is 1. The van der Waals surface area contributed by atoms with Crippen LogP contribution in [0.4, 0.5) is 4.79 Å². The molecule has 1 amide bonds. The Morgan fingerprint density at radius 3 is 1.91 bits per heavy atom. The number of aryl methyl sites for hydroxylation is 1. The first-order valence-corrected chi connectivity index (χ1v) is 17.2. The Balaban J connectivity index is 1.58. The van der Waals surface area contributed by atoms with Crippen LogP contribution in [-0.2, 0) is 22.6 Å². The largest absolute Gasteiger partial charge is 0.475 e. The number of carbonyl (C=O) groups excluding carboxylic acids is 1. The Kier molecular flexibility index (Phi) is 10.3. The second-order valence-electron chi connectivity index (χ2n) is 13.4. The minimum atomic E-state index is -2.74. The summed E-state index contributed by atoms with van der Waals surface area (Å²) in [4.78, 5) is 28.6. The van der Waals surface area contributed by atoms with Crippen molar-refractivity contribution in [3.8, 4) is 11.3 Å². The lowest BCUT2D eigenvalue weighted by Gasteiger charge is -2.43. The van der Waals surface area contributed by atoms with Crippen LogP contribution in [0.1, 0.15) is 64.1 Å². The van der Waals surface area contributed by atoms with Crippen molar-refractivity contribution >= 4 is 30.8 Å². The molecule has 0 saturated carbocycles. The average molecular weight is 628 g/mol. The number of nitrogens with one attached hydrogen (secondary N) is 1. The number of carboxylic acid groups (broad SMARTS) is 1. The molecule has 8 nitrogen and oxygen atoms in total. The molecule has 0 fully saturated rings. The number of aromatic carboxylic acids is 1.